The Hall–Kier alpha value is -2.60. The molecule has 2 heterocycles. The highest BCUT2D eigenvalue weighted by molar-refractivity contribution is 5.70. The third-order valence-electron chi connectivity index (χ3n) is 3.67. The molecule has 20 heavy (non-hydrogen) atoms. The van der Waals surface area contributed by atoms with Crippen LogP contribution in [0.1, 0.15) is 22.4 Å². The van der Waals surface area contributed by atoms with Gasteiger partial charge >= 0.3 is 0 Å². The predicted molar refractivity (Wildman–Crippen MR) is 79.6 cm³/mol. The average Bonchev–Trinajstić information content (AvgIpc) is 2.79. The Bertz CT molecular complexity index is 851. The molecule has 0 fully saturated rings. The maximum Gasteiger partial charge on any atom is 0.152 e. The highest BCUT2D eigenvalue weighted by Gasteiger charge is 2.14. The number of aromatic nitrogens is 2. The number of aryl methyl sites for hydroxylation is 3. The van der Waals surface area contributed by atoms with Gasteiger partial charge in [0.1, 0.15) is 17.4 Å². The highest BCUT2D eigenvalue weighted by atomic mass is 15.0. The van der Waals surface area contributed by atoms with E-state index in [4.69, 9.17) is 0 Å². The molecule has 3 aromatic rings. The molecular weight excluding hydrogens is 246 g/mol. The molecule has 0 aliphatic carbocycles. The molecule has 0 aliphatic heterocycles. The van der Waals surface area contributed by atoms with Crippen molar-refractivity contribution in [3.63, 3.8) is 0 Å². The maximum atomic E-state index is 9.45. The number of pyridine rings is 1. The summed E-state index contributed by atoms with van der Waals surface area (Å²) < 4.78 is 1.84. The molecule has 2 aromatic heterocycles. The number of imidazole rings is 1. The van der Waals surface area contributed by atoms with Crippen LogP contribution in [-0.4, -0.2) is 9.38 Å². The third kappa shape index (κ3) is 1.86. The van der Waals surface area contributed by atoms with E-state index in [1.807, 2.05) is 35.7 Å². The van der Waals surface area contributed by atoms with Crippen LogP contribution in [0.25, 0.3) is 16.9 Å². The molecule has 0 atom stereocenters. The van der Waals surface area contributed by atoms with Gasteiger partial charge in [-0.05, 0) is 55.7 Å². The minimum absolute atomic E-state index is 0.586. The van der Waals surface area contributed by atoms with Gasteiger partial charge in [0.25, 0.3) is 0 Å². The first-order valence-electron chi connectivity index (χ1n) is 6.56. The molecule has 1 aromatic carbocycles. The van der Waals surface area contributed by atoms with Crippen molar-refractivity contribution < 1.29 is 0 Å². The Morgan fingerprint density at radius 2 is 1.85 bits per heavy atom. The molecule has 3 heteroatoms. The number of nitrogens with zero attached hydrogens (tertiary/aromatic N) is 3. The van der Waals surface area contributed by atoms with Crippen molar-refractivity contribution in [2.75, 3.05) is 0 Å². The molecule has 0 radical (unpaired) electrons. The Morgan fingerprint density at radius 3 is 2.55 bits per heavy atom. The smallest absolute Gasteiger partial charge is 0.152 e. The minimum atomic E-state index is 0.586. The summed E-state index contributed by atoms with van der Waals surface area (Å²) in [5, 5.41) is 9.45. The first-order chi connectivity index (χ1) is 9.60. The molecule has 0 unspecified atom stereocenters. The second-order valence-corrected chi connectivity index (χ2v) is 5.15. The summed E-state index contributed by atoms with van der Waals surface area (Å²) in [4.78, 5) is 4.63. The van der Waals surface area contributed by atoms with Crippen molar-refractivity contribution >= 4 is 5.65 Å². The third-order valence-corrected chi connectivity index (χ3v) is 3.67. The van der Waals surface area contributed by atoms with Gasteiger partial charge in [-0.3, -0.25) is 4.40 Å². The molecule has 0 N–H and O–H groups in total. The Balaban J connectivity index is 2.30. The number of hydrogen-bond donors (Lipinski definition) is 0. The normalized spacial score (nSPS) is 10.7. The molecule has 0 bridgehead atoms. The Labute approximate surface area is 118 Å². The van der Waals surface area contributed by atoms with Crippen LogP contribution in [0.15, 0.2) is 36.5 Å². The quantitative estimate of drug-likeness (QED) is 0.668. The van der Waals surface area contributed by atoms with Crippen molar-refractivity contribution in [1.82, 2.24) is 9.38 Å². The van der Waals surface area contributed by atoms with Crippen molar-refractivity contribution in [3.05, 3.63) is 58.9 Å². The van der Waals surface area contributed by atoms with Crippen molar-refractivity contribution in [2.45, 2.75) is 20.8 Å². The Morgan fingerprint density at radius 1 is 1.05 bits per heavy atom. The van der Waals surface area contributed by atoms with E-state index in [-0.39, 0.29) is 0 Å². The van der Waals surface area contributed by atoms with Crippen LogP contribution in [0.5, 0.6) is 0 Å². The summed E-state index contributed by atoms with van der Waals surface area (Å²) in [6.45, 7) is 6.18. The summed E-state index contributed by atoms with van der Waals surface area (Å²) in [6, 6.07) is 12.4. The zero-order valence-electron chi connectivity index (χ0n) is 11.8. The minimum Gasteiger partial charge on any atom is -0.291 e. The second kappa shape index (κ2) is 4.50. The van der Waals surface area contributed by atoms with Crippen molar-refractivity contribution in [2.24, 2.45) is 0 Å². The van der Waals surface area contributed by atoms with Crippen LogP contribution >= 0.6 is 0 Å². The SMILES string of the molecule is Cc1ccn2c(C#N)c(-c3ccc(C)c(C)c3)nc2c1. The summed E-state index contributed by atoms with van der Waals surface area (Å²) in [7, 11) is 0. The molecule has 0 saturated heterocycles. The van der Waals surface area contributed by atoms with Gasteiger partial charge in [0.2, 0.25) is 0 Å². The molecule has 3 nitrogen and oxygen atoms in total. The molecule has 0 amide bonds. The Kier molecular flexibility index (Phi) is 2.80. The lowest BCUT2D eigenvalue weighted by Gasteiger charge is -2.03. The molecule has 98 valence electrons. The van der Waals surface area contributed by atoms with Crippen LogP contribution < -0.4 is 0 Å². The van der Waals surface area contributed by atoms with Gasteiger partial charge in [0.15, 0.2) is 5.69 Å². The van der Waals surface area contributed by atoms with E-state index < -0.39 is 0 Å². The lowest BCUT2D eigenvalue weighted by molar-refractivity contribution is 1.14. The van der Waals surface area contributed by atoms with E-state index in [0.717, 1.165) is 22.5 Å². The summed E-state index contributed by atoms with van der Waals surface area (Å²) >= 11 is 0. The van der Waals surface area contributed by atoms with Crippen LogP contribution in [0.2, 0.25) is 0 Å². The lowest BCUT2D eigenvalue weighted by Crippen LogP contribution is -1.90. The monoisotopic (exact) mass is 261 g/mol. The van der Waals surface area contributed by atoms with Crippen LogP contribution in [0.3, 0.4) is 0 Å². The van der Waals surface area contributed by atoms with E-state index in [2.05, 4.69) is 37.0 Å². The molecule has 3 rings (SSSR count). The number of hydrogen-bond acceptors (Lipinski definition) is 2. The topological polar surface area (TPSA) is 41.1 Å². The van der Waals surface area contributed by atoms with E-state index in [1.54, 1.807) is 0 Å². The fraction of sp³-hybridized carbons (Fsp3) is 0.176. The second-order valence-electron chi connectivity index (χ2n) is 5.15. The summed E-state index contributed by atoms with van der Waals surface area (Å²) in [5.41, 5.74) is 6.73. The largest absolute Gasteiger partial charge is 0.291 e. The fourth-order valence-corrected chi connectivity index (χ4v) is 2.34. The van der Waals surface area contributed by atoms with Gasteiger partial charge in [-0.15, -0.1) is 0 Å². The van der Waals surface area contributed by atoms with Gasteiger partial charge in [-0.2, -0.15) is 5.26 Å². The lowest BCUT2D eigenvalue weighted by atomic mass is 10.0. The number of benzene rings is 1. The standard InChI is InChI=1S/C17H15N3/c1-11-6-7-20-15(10-18)17(19-16(20)8-11)14-5-4-12(2)13(3)9-14/h4-9H,1-3H3. The van der Waals surface area contributed by atoms with E-state index in [0.29, 0.717) is 5.69 Å². The van der Waals surface area contributed by atoms with E-state index in [1.165, 1.54) is 11.1 Å². The predicted octanol–water partition coefficient (Wildman–Crippen LogP) is 3.80. The van der Waals surface area contributed by atoms with Gasteiger partial charge in [0, 0.05) is 11.8 Å². The molecule has 0 aliphatic rings. The van der Waals surface area contributed by atoms with Crippen molar-refractivity contribution in [1.29, 1.82) is 5.26 Å². The molecular formula is C17H15N3. The summed E-state index contributed by atoms with van der Waals surface area (Å²) in [6.07, 6.45) is 1.90. The van der Waals surface area contributed by atoms with Gasteiger partial charge in [0.05, 0.1) is 0 Å². The molecule has 0 spiro atoms. The van der Waals surface area contributed by atoms with Crippen LogP contribution in [-0.2, 0) is 0 Å². The zero-order chi connectivity index (χ0) is 14.3. The van der Waals surface area contributed by atoms with Crippen molar-refractivity contribution in [3.8, 4) is 17.3 Å². The maximum absolute atomic E-state index is 9.45. The van der Waals surface area contributed by atoms with Crippen LogP contribution in [0, 0.1) is 32.1 Å². The number of fused-ring (bicyclic) bond motifs is 1. The highest BCUT2D eigenvalue weighted by Crippen LogP contribution is 2.26. The summed E-state index contributed by atoms with van der Waals surface area (Å²) in [5.74, 6) is 0. The fourth-order valence-electron chi connectivity index (χ4n) is 2.34. The first kappa shape index (κ1) is 12.4. The van der Waals surface area contributed by atoms with Gasteiger partial charge in [-0.1, -0.05) is 12.1 Å². The average molecular weight is 261 g/mol. The number of rotatable bonds is 1. The van der Waals surface area contributed by atoms with Crippen LogP contribution in [0.4, 0.5) is 0 Å². The first-order valence-corrected chi connectivity index (χ1v) is 6.56. The molecule has 0 saturated carbocycles. The van der Waals surface area contributed by atoms with Gasteiger partial charge in [-0.25, -0.2) is 4.98 Å². The van der Waals surface area contributed by atoms with E-state index >= 15 is 0 Å². The number of nitriles is 1. The van der Waals surface area contributed by atoms with Gasteiger partial charge < -0.3 is 0 Å². The zero-order valence-corrected chi connectivity index (χ0v) is 11.8. The van der Waals surface area contributed by atoms with E-state index in [9.17, 15) is 5.26 Å².